The Morgan fingerprint density at radius 3 is 0.990 bits per heavy atom. The third-order valence-corrected chi connectivity index (χ3v) is 11.2. The number of nitriles is 2. The number of allylic oxidation sites excluding steroid dienone is 2. The standard InChI is InChI=1S/C11H9NO2.C11H7NO2.2C8H5NO2.C7H15N.C7H13N.C4H5N.C4H3N.C4H8.C4H6.C3H7N.C3H5N.2Al.2K.2Li.2H2N2.2H2.2H/c2*1-2-7-12-10(13)8-5-3-4-6-9(8)11(12)14;2*10-7-5-3-1-2-4-6(5)8(11)9-7;2*1-4-7-8(5-2)6-3;2*1-2-3-4-5;2*1-3-4-2;2*1-2-3-4;;;;;;;2*1-2;;;;/h2-6H,1,7H2;1,3-6H,7H2;2*1-4H,(H,9,10,11);4H,1,5-7H2,2-3H3;1H,5-7H2,2-3H3;2H,1,3H2;1H,3H2;3H,1,4H2,2H3;1H,4H2,2H3;2H,1,3-4H2;1H,3-4H2;;;;;;;2*1-2H;2*1H;;/q;;;;;;;;;;;;;;4*+1;;;;;2*-1/p-2. The molecule has 22 nitrogen and oxygen atoms in total. The summed E-state index contributed by atoms with van der Waals surface area (Å²) in [4.78, 5) is 81.6. The zero-order chi connectivity index (χ0) is 74.7. The summed E-state index contributed by atoms with van der Waals surface area (Å²) in [5.74, 6) is 8.91. The number of fused-ring (bicyclic) bond motifs is 4. The van der Waals surface area contributed by atoms with Crippen molar-refractivity contribution in [1.29, 1.82) is 32.6 Å². The second-order valence-electron chi connectivity index (χ2n) is 17.4. The van der Waals surface area contributed by atoms with E-state index < -0.39 is 23.6 Å². The number of aliphatic imine (C=N–C) groups is 2. The average molecular weight is 1460 g/mol. The first kappa shape index (κ1) is 122. The summed E-state index contributed by atoms with van der Waals surface area (Å²) in [5, 5.41) is 37.2. The van der Waals surface area contributed by atoms with E-state index in [1.54, 1.807) is 121 Å². The Balaban J connectivity index is -0.0000000603. The van der Waals surface area contributed by atoms with Crippen molar-refractivity contribution >= 4 is 82.0 Å². The Labute approximate surface area is 742 Å². The van der Waals surface area contributed by atoms with Crippen LogP contribution in [0.4, 0.5) is 0 Å². The maximum atomic E-state index is 11.7. The smallest absolute Gasteiger partial charge is 1.00 e. The number of nitrogens with zero attached hydrogens (tertiary/aromatic N) is 8. The number of likely N-dealkylation sites (N-methyl/N-ethyl adjacent to an activating group) is 1. The predicted molar refractivity (Wildman–Crippen MR) is 397 cm³/mol. The van der Waals surface area contributed by atoms with Gasteiger partial charge in [-0.05, 0) is 91.9 Å². The quantitative estimate of drug-likeness (QED) is 0.0274. The molecule has 102 heavy (non-hydrogen) atoms. The van der Waals surface area contributed by atoms with Gasteiger partial charge in [0.2, 0.25) is 0 Å². The molecule has 0 saturated carbocycles. The zero-order valence-corrected chi connectivity index (χ0v) is 69.7. The molecule has 8 N–H and O–H groups in total. The number of nitrogens with two attached hydrogens (primary N) is 2. The van der Waals surface area contributed by atoms with E-state index in [1.807, 2.05) is 25.1 Å². The molecule has 0 aliphatic carbocycles. The zero-order valence-electron chi connectivity index (χ0n) is 63.1. The van der Waals surface area contributed by atoms with Gasteiger partial charge in [0.05, 0.1) is 66.9 Å². The van der Waals surface area contributed by atoms with Gasteiger partial charge in [0.15, 0.2) is 0 Å². The number of carbonyl (C=O) groups excluding carboxylic acids is 6. The molecular formula is C74H96Al2K2Li2N14O8. The number of imide groups is 2. The third kappa shape index (κ3) is 54.2. The molecular weight excluding hydrogens is 1360 g/mol. The van der Waals surface area contributed by atoms with Crippen molar-refractivity contribution < 1.29 is 185 Å². The van der Waals surface area contributed by atoms with Crippen molar-refractivity contribution in [2.75, 3.05) is 65.4 Å². The molecule has 0 unspecified atom stereocenters. The molecule has 4 aromatic carbocycles. The van der Waals surface area contributed by atoms with Crippen molar-refractivity contribution in [1.82, 2.24) is 19.6 Å². The molecule has 28 heteroatoms. The molecule has 4 heterocycles. The molecule has 4 aliphatic rings. The van der Waals surface area contributed by atoms with E-state index in [-0.39, 0.29) is 224 Å². The van der Waals surface area contributed by atoms with E-state index in [2.05, 4.69) is 130 Å². The normalized spacial score (nSPS) is 9.99. The van der Waals surface area contributed by atoms with Gasteiger partial charge < -0.3 is 29.4 Å². The van der Waals surface area contributed by atoms with E-state index in [0.29, 0.717) is 64.0 Å². The maximum Gasteiger partial charge on any atom is 1.00 e. The summed E-state index contributed by atoms with van der Waals surface area (Å²) in [6.07, 6.45) is 35.4. The van der Waals surface area contributed by atoms with Gasteiger partial charge in [0.25, 0.3) is 35.4 Å². The van der Waals surface area contributed by atoms with Crippen LogP contribution in [-0.2, 0) is 0 Å². The van der Waals surface area contributed by atoms with Crippen molar-refractivity contribution in [3.8, 4) is 73.9 Å². The monoisotopic (exact) mass is 1450 g/mol. The van der Waals surface area contributed by atoms with Crippen LogP contribution in [0.1, 0.15) is 146 Å². The van der Waals surface area contributed by atoms with E-state index in [0.717, 1.165) is 57.0 Å². The molecule has 520 valence electrons. The Morgan fingerprint density at radius 1 is 0.510 bits per heavy atom. The molecule has 0 aromatic heterocycles. The van der Waals surface area contributed by atoms with Crippen LogP contribution in [-0.4, -0.2) is 167 Å². The third-order valence-electron chi connectivity index (χ3n) is 11.2. The molecule has 0 saturated heterocycles. The van der Waals surface area contributed by atoms with Crippen LogP contribution in [0.25, 0.3) is 0 Å². The van der Waals surface area contributed by atoms with Gasteiger partial charge >= 0.3 is 140 Å². The maximum absolute atomic E-state index is 11.7. The number of carbonyl (C=O) groups is 6. The number of hydrogen-bond acceptors (Lipinski definition) is 18. The molecule has 6 amide bonds. The number of benzene rings is 4. The van der Waals surface area contributed by atoms with Gasteiger partial charge in [-0.25, -0.2) is 32.1 Å². The molecule has 4 aromatic rings. The van der Waals surface area contributed by atoms with Crippen molar-refractivity contribution in [3.05, 3.63) is 205 Å². The summed E-state index contributed by atoms with van der Waals surface area (Å²) < 4.78 is 0. The van der Waals surface area contributed by atoms with E-state index in [4.69, 9.17) is 63.4 Å². The summed E-state index contributed by atoms with van der Waals surface area (Å²) in [6, 6.07) is 30.5. The van der Waals surface area contributed by atoms with Gasteiger partial charge in [-0.3, -0.25) is 43.5 Å². The topological polar surface area (TPSA) is 381 Å². The van der Waals surface area contributed by atoms with Gasteiger partial charge in [0.1, 0.15) is 0 Å². The fourth-order valence-electron chi connectivity index (χ4n) is 6.50. The molecule has 4 aliphatic heterocycles. The molecule has 8 rings (SSSR count). The Hall–Kier alpha value is -6.51. The molecule has 0 atom stereocenters. The number of rotatable bonds is 13. The second kappa shape index (κ2) is 86.9. The minimum atomic E-state index is -0.425. The Kier molecular flexibility index (Phi) is 104. The van der Waals surface area contributed by atoms with Crippen LogP contribution >= 0.6 is 0 Å². The first-order valence-electron chi connectivity index (χ1n) is 29.3. The number of amides is 6. The van der Waals surface area contributed by atoms with Gasteiger partial charge in [-0.15, -0.1) is 70.9 Å². The van der Waals surface area contributed by atoms with Crippen LogP contribution in [0, 0.1) is 107 Å². The van der Waals surface area contributed by atoms with Crippen LogP contribution < -0.4 is 162 Å². The molecule has 0 bridgehead atoms. The number of hydrogen-bond donors (Lipinski definition) is 6. The first-order valence-corrected chi connectivity index (χ1v) is 29.3. The molecule has 0 spiro atoms. The van der Waals surface area contributed by atoms with Crippen LogP contribution in [0.5, 0.6) is 0 Å². The molecule has 0 fully saturated rings. The number of nitrogens with one attached hydrogen (secondary N) is 4. The van der Waals surface area contributed by atoms with Crippen LogP contribution in [0.15, 0.2) is 170 Å². The number of terminal acetylenes is 5. The summed E-state index contributed by atoms with van der Waals surface area (Å²) in [5.41, 5.74) is 33.2. The molecule has 6 radical (unpaired) electrons. The minimum absolute atomic E-state index is 0. The van der Waals surface area contributed by atoms with Gasteiger partial charge in [-0.1, -0.05) is 156 Å². The Morgan fingerprint density at radius 2 is 0.824 bits per heavy atom. The van der Waals surface area contributed by atoms with Crippen molar-refractivity contribution in [3.63, 3.8) is 0 Å². The fraction of sp³-hybridized carbons (Fsp3) is 0.270. The summed E-state index contributed by atoms with van der Waals surface area (Å²) >= 11 is 0. The fourth-order valence-corrected chi connectivity index (χ4v) is 6.50. The van der Waals surface area contributed by atoms with Gasteiger partial charge in [0, 0.05) is 74.8 Å². The average Bonchev–Trinajstić information content (AvgIpc) is 1.67. The summed E-state index contributed by atoms with van der Waals surface area (Å²) in [7, 11) is 0. The minimum Gasteiger partial charge on any atom is -1.00 e. The van der Waals surface area contributed by atoms with Gasteiger partial charge in [-0.2, -0.15) is 10.5 Å². The first-order chi connectivity index (χ1) is 46.3. The summed E-state index contributed by atoms with van der Waals surface area (Å²) in [6.45, 7) is 37.3. The SMILES string of the molecule is C#CCC.C#CCC#N.C#CCN.C#CCN(CC)CC.C#CCN1C(=O)c2ccccc2C1=O.C=CCC.C=CCC#N.C=CCN.C=CCN(CC)CC.C=CCN1C(=O)c2ccccc2C1=O.N=N.N=N.O=C1N=C([O-])c2ccccc21.O=C1N=C([O-])c2ccccc21.[Al].[Al].[H-].[H-].[HH].[HH].[K+].[K+].[Li+].[Li+]. The second-order valence-corrected chi connectivity index (χ2v) is 17.4. The van der Waals surface area contributed by atoms with Crippen molar-refractivity contribution in [2.24, 2.45) is 21.5 Å². The largest absolute Gasteiger partial charge is 1.00 e. The van der Waals surface area contributed by atoms with E-state index in [9.17, 15) is 39.0 Å². The Bertz CT molecular complexity index is 3300. The van der Waals surface area contributed by atoms with Crippen LogP contribution in [0.2, 0.25) is 0 Å². The van der Waals surface area contributed by atoms with E-state index >= 15 is 0 Å². The van der Waals surface area contributed by atoms with Crippen molar-refractivity contribution in [2.45, 2.75) is 67.2 Å². The van der Waals surface area contributed by atoms with E-state index in [1.165, 1.54) is 4.90 Å². The van der Waals surface area contributed by atoms with Crippen LogP contribution in [0.3, 0.4) is 0 Å². The predicted octanol–water partition coefficient (Wildman–Crippen LogP) is -2.14.